The quantitative estimate of drug-likeness (QED) is 0.477. The summed E-state index contributed by atoms with van der Waals surface area (Å²) >= 11 is 9.46. The maximum atomic E-state index is 6.26. The molecule has 0 aromatic carbocycles. The van der Waals surface area contributed by atoms with Crippen molar-refractivity contribution in [1.29, 1.82) is 0 Å². The molecule has 1 saturated heterocycles. The van der Waals surface area contributed by atoms with Crippen LogP contribution in [-0.2, 0) is 6.54 Å². The minimum atomic E-state index is 0.122. The van der Waals surface area contributed by atoms with Gasteiger partial charge in [-0.25, -0.2) is 15.0 Å². The van der Waals surface area contributed by atoms with Gasteiger partial charge in [0.2, 0.25) is 0 Å². The Labute approximate surface area is 212 Å². The van der Waals surface area contributed by atoms with Crippen molar-refractivity contribution in [3.8, 4) is 0 Å². The van der Waals surface area contributed by atoms with Crippen molar-refractivity contribution in [1.82, 2.24) is 34.4 Å². The van der Waals surface area contributed by atoms with Crippen LogP contribution in [-0.4, -0.2) is 47.6 Å². The number of nitrogens with one attached hydrogen (secondary N) is 1. The van der Waals surface area contributed by atoms with Crippen LogP contribution in [0.25, 0.3) is 0 Å². The largest absolute Gasteiger partial charge is 0.382 e. The van der Waals surface area contributed by atoms with Gasteiger partial charge >= 0.3 is 0 Å². The zero-order valence-corrected chi connectivity index (χ0v) is 21.8. The van der Waals surface area contributed by atoms with Gasteiger partial charge in [-0.15, -0.1) is 10.2 Å². The monoisotopic (exact) mass is 517 g/mol. The second-order valence-corrected chi connectivity index (χ2v) is 12.9. The van der Waals surface area contributed by atoms with E-state index in [2.05, 4.69) is 60.1 Å². The van der Waals surface area contributed by atoms with E-state index >= 15 is 0 Å². The Balaban J connectivity index is 1.25. The zero-order valence-electron chi connectivity index (χ0n) is 19.4. The first-order valence-electron chi connectivity index (χ1n) is 11.2. The van der Waals surface area contributed by atoms with Crippen LogP contribution in [0.4, 0.5) is 11.6 Å². The normalized spacial score (nSPS) is 19.5. The highest BCUT2D eigenvalue weighted by Crippen LogP contribution is 2.50. The van der Waals surface area contributed by atoms with Crippen molar-refractivity contribution in [2.45, 2.75) is 60.9 Å². The molecule has 5 heterocycles. The molecule has 34 heavy (non-hydrogen) atoms. The lowest BCUT2D eigenvalue weighted by molar-refractivity contribution is 0.164. The average Bonchev–Trinajstić information content (AvgIpc) is 3.35. The summed E-state index contributed by atoms with van der Waals surface area (Å²) < 4.78 is 6.07. The second-order valence-electron chi connectivity index (χ2n) is 9.75. The molecule has 1 spiro atoms. The summed E-state index contributed by atoms with van der Waals surface area (Å²) in [5.74, 6) is 2.25. The van der Waals surface area contributed by atoms with Crippen molar-refractivity contribution >= 4 is 46.9 Å². The molecular formula is C22H28ClN9S2. The number of piperidine rings is 1. The Hall–Kier alpha value is -2.08. The maximum Gasteiger partial charge on any atom is 0.151 e. The number of nitrogens with two attached hydrogens (primary N) is 1. The Morgan fingerprint density at radius 1 is 1.18 bits per heavy atom. The molecule has 0 aliphatic carbocycles. The molecule has 1 unspecified atom stereocenters. The van der Waals surface area contributed by atoms with Gasteiger partial charge in [-0.1, -0.05) is 35.3 Å². The van der Waals surface area contributed by atoms with Crippen molar-refractivity contribution < 1.29 is 0 Å². The minimum Gasteiger partial charge on any atom is -0.382 e. The lowest BCUT2D eigenvalue weighted by atomic mass is 9.74. The number of aromatic nitrogens is 6. The number of nitrogens with zero attached hydrogens (tertiary/aromatic N) is 7. The van der Waals surface area contributed by atoms with Crippen LogP contribution >= 0.6 is 35.3 Å². The molecule has 3 aromatic heterocycles. The molecule has 5 rings (SSSR count). The fraction of sp³-hybridized carbons (Fsp3) is 0.500. The van der Waals surface area contributed by atoms with E-state index in [-0.39, 0.29) is 16.2 Å². The van der Waals surface area contributed by atoms with Crippen molar-refractivity contribution in [2.75, 3.05) is 23.7 Å². The summed E-state index contributed by atoms with van der Waals surface area (Å²) in [4.78, 5) is 16.4. The fourth-order valence-electron chi connectivity index (χ4n) is 4.51. The van der Waals surface area contributed by atoms with Crippen LogP contribution in [0.1, 0.15) is 45.5 Å². The van der Waals surface area contributed by atoms with Gasteiger partial charge in [0, 0.05) is 40.9 Å². The summed E-state index contributed by atoms with van der Waals surface area (Å²) in [5.41, 5.74) is 5.93. The molecule has 0 bridgehead atoms. The highest BCUT2D eigenvalue weighted by Gasteiger charge is 2.49. The first kappa shape index (κ1) is 23.7. The number of nitrogen functional groups attached to an aromatic ring is 1. The Morgan fingerprint density at radius 3 is 2.68 bits per heavy atom. The summed E-state index contributed by atoms with van der Waals surface area (Å²) in [5, 5.41) is 9.79. The number of pyridine rings is 1. The number of rotatable bonds is 5. The third kappa shape index (κ3) is 4.71. The first-order valence-corrected chi connectivity index (χ1v) is 13.2. The molecule has 12 heteroatoms. The van der Waals surface area contributed by atoms with Gasteiger partial charge in [0.05, 0.1) is 23.5 Å². The van der Waals surface area contributed by atoms with Crippen molar-refractivity contribution in [2.24, 2.45) is 5.41 Å². The molecule has 0 radical (unpaired) electrons. The van der Waals surface area contributed by atoms with Gasteiger partial charge in [-0.05, 0) is 39.7 Å². The molecule has 3 N–H and O–H groups in total. The highest BCUT2D eigenvalue weighted by molar-refractivity contribution is 7.99. The number of hydrogen-bond acceptors (Lipinski definition) is 10. The van der Waals surface area contributed by atoms with E-state index in [1.807, 2.05) is 18.6 Å². The molecule has 1 fully saturated rings. The van der Waals surface area contributed by atoms with Gasteiger partial charge in [0.25, 0.3) is 0 Å². The number of anilines is 2. The topological polar surface area (TPSA) is 111 Å². The smallest absolute Gasteiger partial charge is 0.151 e. The van der Waals surface area contributed by atoms with Crippen LogP contribution in [0, 0.1) is 5.41 Å². The van der Waals surface area contributed by atoms with Gasteiger partial charge in [0.1, 0.15) is 23.0 Å². The Bertz CT molecular complexity index is 1150. The van der Waals surface area contributed by atoms with E-state index in [0.29, 0.717) is 10.8 Å². The molecule has 180 valence electrons. The number of halogens is 1. The van der Waals surface area contributed by atoms with Crippen LogP contribution < -0.4 is 15.4 Å². The molecule has 2 aliphatic rings. The lowest BCUT2D eigenvalue weighted by Gasteiger charge is -2.43. The molecule has 0 saturated carbocycles. The Kier molecular flexibility index (Phi) is 6.38. The van der Waals surface area contributed by atoms with Gasteiger partial charge in [0.15, 0.2) is 5.82 Å². The predicted molar refractivity (Wildman–Crippen MR) is 137 cm³/mol. The summed E-state index contributed by atoms with van der Waals surface area (Å²) in [7, 11) is 0. The predicted octanol–water partition coefficient (Wildman–Crippen LogP) is 4.23. The lowest BCUT2D eigenvalue weighted by Crippen LogP contribution is -2.45. The van der Waals surface area contributed by atoms with Crippen LogP contribution in [0.2, 0.25) is 5.02 Å². The third-order valence-electron chi connectivity index (χ3n) is 6.28. The van der Waals surface area contributed by atoms with Crippen molar-refractivity contribution in [3.05, 3.63) is 41.8 Å². The van der Waals surface area contributed by atoms with E-state index in [4.69, 9.17) is 17.3 Å². The molecule has 0 amide bonds. The van der Waals surface area contributed by atoms with Gasteiger partial charge < -0.3 is 15.2 Å². The van der Waals surface area contributed by atoms with Gasteiger partial charge in [-0.2, -0.15) is 0 Å². The van der Waals surface area contributed by atoms with E-state index in [1.54, 1.807) is 24.3 Å². The molecule has 9 nitrogen and oxygen atoms in total. The van der Waals surface area contributed by atoms with Crippen LogP contribution in [0.15, 0.2) is 40.9 Å². The van der Waals surface area contributed by atoms with E-state index in [1.165, 1.54) is 11.8 Å². The Morgan fingerprint density at radius 2 is 1.97 bits per heavy atom. The molecule has 1 atom stereocenters. The zero-order chi connectivity index (χ0) is 23.9. The standard InChI is InChI=1S/C22H28ClN9S2/c1-21(2,3)34-30-18-20-29-28-13-32(20)12-22(18)5-8-31(9-6-22)15-10-27-16(11-26-15)33-14-4-7-25-19(24)17(14)23/h4,7,10-11,13,18,30H,5-6,8-9,12H2,1-3H3,(H2,24,25). The second kappa shape index (κ2) is 9.18. The van der Waals surface area contributed by atoms with Crippen molar-refractivity contribution in [3.63, 3.8) is 0 Å². The maximum absolute atomic E-state index is 6.26. The summed E-state index contributed by atoms with van der Waals surface area (Å²) in [6.07, 6.45) is 9.22. The first-order chi connectivity index (χ1) is 16.2. The fourth-order valence-corrected chi connectivity index (χ4v) is 6.33. The minimum absolute atomic E-state index is 0.122. The molecule has 3 aromatic rings. The van der Waals surface area contributed by atoms with E-state index in [9.17, 15) is 0 Å². The van der Waals surface area contributed by atoms with E-state index < -0.39 is 0 Å². The number of hydrogen-bond donors (Lipinski definition) is 2. The average molecular weight is 518 g/mol. The SMILES string of the molecule is CC(C)(C)SNC1c2nncn2CC12CCN(c1cnc(Sc3ccnc(N)c3Cl)cn1)CC2. The van der Waals surface area contributed by atoms with Crippen LogP contribution in [0.5, 0.6) is 0 Å². The third-order valence-corrected chi connectivity index (χ3v) is 8.73. The summed E-state index contributed by atoms with van der Waals surface area (Å²) in [6.45, 7) is 9.45. The highest BCUT2D eigenvalue weighted by atomic mass is 35.5. The summed E-state index contributed by atoms with van der Waals surface area (Å²) in [6, 6.07) is 2.01. The van der Waals surface area contributed by atoms with Crippen LogP contribution in [0.3, 0.4) is 0 Å². The van der Waals surface area contributed by atoms with E-state index in [0.717, 1.165) is 54.0 Å². The molecule has 2 aliphatic heterocycles. The number of fused-ring (bicyclic) bond motifs is 1. The molecular weight excluding hydrogens is 490 g/mol. The van der Waals surface area contributed by atoms with Gasteiger partial charge in [-0.3, -0.25) is 4.72 Å².